The topological polar surface area (TPSA) is 52.8 Å². The van der Waals surface area contributed by atoms with E-state index in [-0.39, 0.29) is 0 Å². The van der Waals surface area contributed by atoms with Gasteiger partial charge in [0.05, 0.1) is 37.8 Å². The van der Waals surface area contributed by atoms with Crippen LogP contribution in [0.3, 0.4) is 0 Å². The van der Waals surface area contributed by atoms with Crippen LogP contribution < -0.4 is 9.47 Å². The van der Waals surface area contributed by atoms with Crippen molar-refractivity contribution in [3.8, 4) is 11.5 Å². The second-order valence-electron chi connectivity index (χ2n) is 4.60. The number of hydrogen-bond acceptors (Lipinski definition) is 4. The van der Waals surface area contributed by atoms with E-state index in [0.717, 1.165) is 6.29 Å². The minimum absolute atomic E-state index is 0.497. The molecule has 3 aromatic rings. The van der Waals surface area contributed by atoms with E-state index in [0.29, 0.717) is 17.1 Å². The van der Waals surface area contributed by atoms with E-state index in [1.54, 1.807) is 25.3 Å². The van der Waals surface area contributed by atoms with Gasteiger partial charge in [-0.15, -0.1) is 0 Å². The molecule has 0 unspecified atom stereocenters. The lowest BCUT2D eigenvalue weighted by molar-refractivity contribution is 0.112. The molecule has 0 N–H and O–H groups in total. The summed E-state index contributed by atoms with van der Waals surface area (Å²) < 4.78 is 11.9. The number of aryl methyl sites for hydroxylation is 1. The summed E-state index contributed by atoms with van der Waals surface area (Å²) in [4.78, 5) is 14.5. The molecule has 1 aromatic carbocycles. The molecule has 0 saturated carbocycles. The Hall–Kier alpha value is -2.82. The van der Waals surface area contributed by atoms with Gasteiger partial charge in [-0.3, -0.25) is 4.79 Å². The number of pyridine rings is 1. The monoisotopic (exact) mass is 298 g/mol. The van der Waals surface area contributed by atoms with Gasteiger partial charge in [-0.1, -0.05) is 6.07 Å². The molecule has 0 atom stereocenters. The fourth-order valence-corrected chi connectivity index (χ4v) is 2.03. The van der Waals surface area contributed by atoms with Crippen LogP contribution in [0, 0.1) is 6.92 Å². The number of nitrogens with zero attached hydrogens (tertiary/aromatic N) is 2. The van der Waals surface area contributed by atoms with Crippen LogP contribution in [0.15, 0.2) is 49.1 Å². The number of carbonyl (C=O) groups is 1. The third-order valence-corrected chi connectivity index (χ3v) is 3.23. The highest BCUT2D eigenvalue weighted by Gasteiger charge is 2.02. The van der Waals surface area contributed by atoms with E-state index in [2.05, 4.69) is 18.0 Å². The fraction of sp³-hybridized carbons (Fsp3) is 0.176. The Balaban J connectivity index is 0.000000162. The highest BCUT2D eigenvalue weighted by molar-refractivity contribution is 5.80. The van der Waals surface area contributed by atoms with Crippen LogP contribution >= 0.6 is 0 Å². The first-order valence-corrected chi connectivity index (χ1v) is 6.74. The first kappa shape index (κ1) is 15.6. The van der Waals surface area contributed by atoms with Crippen LogP contribution in [0.25, 0.3) is 5.52 Å². The third-order valence-electron chi connectivity index (χ3n) is 3.23. The van der Waals surface area contributed by atoms with Crippen molar-refractivity contribution < 1.29 is 14.3 Å². The predicted molar refractivity (Wildman–Crippen MR) is 84.9 cm³/mol. The number of benzene rings is 1. The Morgan fingerprint density at radius 3 is 2.64 bits per heavy atom. The van der Waals surface area contributed by atoms with Crippen molar-refractivity contribution >= 4 is 11.8 Å². The number of ether oxygens (including phenoxy) is 2. The molecule has 114 valence electrons. The molecule has 2 heterocycles. The molecule has 0 saturated heterocycles. The lowest BCUT2D eigenvalue weighted by Gasteiger charge is -2.04. The molecule has 0 bridgehead atoms. The highest BCUT2D eigenvalue weighted by atomic mass is 16.5. The summed E-state index contributed by atoms with van der Waals surface area (Å²) in [5.74, 6) is 1.21. The van der Waals surface area contributed by atoms with Crippen LogP contribution in [0.1, 0.15) is 15.9 Å². The van der Waals surface area contributed by atoms with Crippen LogP contribution in [0.4, 0.5) is 0 Å². The number of hydrogen-bond donors (Lipinski definition) is 0. The zero-order chi connectivity index (χ0) is 15.9. The summed E-state index contributed by atoms with van der Waals surface area (Å²) in [6.45, 7) is 2.08. The predicted octanol–water partition coefficient (Wildman–Crippen LogP) is 3.16. The molecule has 3 rings (SSSR count). The Kier molecular flexibility index (Phi) is 5.14. The summed E-state index contributed by atoms with van der Waals surface area (Å²) in [6, 6.07) is 9.17. The van der Waals surface area contributed by atoms with Crippen molar-refractivity contribution in [1.82, 2.24) is 9.38 Å². The molecule has 0 amide bonds. The van der Waals surface area contributed by atoms with Crippen LogP contribution in [-0.4, -0.2) is 29.9 Å². The Morgan fingerprint density at radius 2 is 2.00 bits per heavy atom. The zero-order valence-corrected chi connectivity index (χ0v) is 12.8. The van der Waals surface area contributed by atoms with E-state index in [4.69, 9.17) is 9.47 Å². The molecular formula is C17H18N2O3. The van der Waals surface area contributed by atoms with Crippen molar-refractivity contribution in [2.45, 2.75) is 6.92 Å². The Morgan fingerprint density at radius 1 is 1.18 bits per heavy atom. The highest BCUT2D eigenvalue weighted by Crippen LogP contribution is 2.21. The number of methoxy groups -OCH3 is 2. The van der Waals surface area contributed by atoms with Gasteiger partial charge in [0.2, 0.25) is 0 Å². The summed E-state index contributed by atoms with van der Waals surface area (Å²) in [5.41, 5.74) is 2.94. The largest absolute Gasteiger partial charge is 0.497 e. The van der Waals surface area contributed by atoms with Crippen LogP contribution in [0.5, 0.6) is 11.5 Å². The quantitative estimate of drug-likeness (QED) is 0.697. The maximum atomic E-state index is 10.5. The number of aromatic nitrogens is 2. The standard InChI is InChI=1S/C9H10O3.C8H8N2/c1-11-8-3-4-9(12-2)7(5-8)6-10;1-7-3-2-4-10-6-9-5-8(7)10/h3-6H,1-2H3;2-6H,1H3. The maximum Gasteiger partial charge on any atom is 0.153 e. The average molecular weight is 298 g/mol. The van der Waals surface area contributed by atoms with Gasteiger partial charge >= 0.3 is 0 Å². The molecule has 0 radical (unpaired) electrons. The molecule has 0 aliphatic rings. The molecule has 2 aromatic heterocycles. The second kappa shape index (κ2) is 7.26. The Bertz CT molecular complexity index is 765. The molecule has 0 aliphatic heterocycles. The molecule has 0 aliphatic carbocycles. The van der Waals surface area contributed by atoms with Crippen molar-refractivity contribution in [3.05, 3.63) is 60.2 Å². The van der Waals surface area contributed by atoms with Gasteiger partial charge < -0.3 is 13.9 Å². The van der Waals surface area contributed by atoms with E-state index >= 15 is 0 Å². The van der Waals surface area contributed by atoms with Gasteiger partial charge in [0.15, 0.2) is 6.29 Å². The minimum Gasteiger partial charge on any atom is -0.497 e. The molecule has 5 nitrogen and oxygen atoms in total. The lowest BCUT2D eigenvalue weighted by atomic mass is 10.2. The zero-order valence-electron chi connectivity index (χ0n) is 12.8. The normalized spacial score (nSPS) is 9.77. The van der Waals surface area contributed by atoms with E-state index in [9.17, 15) is 4.79 Å². The van der Waals surface area contributed by atoms with E-state index < -0.39 is 0 Å². The molecule has 0 spiro atoms. The molecular weight excluding hydrogens is 280 g/mol. The second-order valence-corrected chi connectivity index (χ2v) is 4.60. The Labute approximate surface area is 129 Å². The number of fused-ring (bicyclic) bond motifs is 1. The van der Waals surface area contributed by atoms with E-state index in [1.165, 1.54) is 18.2 Å². The molecule has 0 fully saturated rings. The van der Waals surface area contributed by atoms with Crippen molar-refractivity contribution in [2.24, 2.45) is 0 Å². The van der Waals surface area contributed by atoms with Gasteiger partial charge in [-0.25, -0.2) is 4.98 Å². The average Bonchev–Trinajstić information content (AvgIpc) is 3.05. The van der Waals surface area contributed by atoms with Crippen molar-refractivity contribution in [1.29, 1.82) is 0 Å². The first-order chi connectivity index (χ1) is 10.7. The third kappa shape index (κ3) is 3.44. The van der Waals surface area contributed by atoms with Gasteiger partial charge in [-0.05, 0) is 36.8 Å². The van der Waals surface area contributed by atoms with Gasteiger partial charge in [0.25, 0.3) is 0 Å². The molecule has 5 heteroatoms. The lowest BCUT2D eigenvalue weighted by Crippen LogP contribution is -1.91. The summed E-state index contributed by atoms with van der Waals surface area (Å²) in [6.07, 6.45) is 6.41. The van der Waals surface area contributed by atoms with Gasteiger partial charge in [0, 0.05) is 6.20 Å². The van der Waals surface area contributed by atoms with E-state index in [1.807, 2.05) is 29.2 Å². The molecule has 22 heavy (non-hydrogen) atoms. The summed E-state index contributed by atoms with van der Waals surface area (Å²) in [5, 5.41) is 0. The number of carbonyl (C=O) groups excluding carboxylic acids is 1. The first-order valence-electron chi connectivity index (χ1n) is 6.74. The van der Waals surface area contributed by atoms with Gasteiger partial charge in [0.1, 0.15) is 11.5 Å². The number of aldehydes is 1. The minimum atomic E-state index is 0.497. The number of rotatable bonds is 3. The summed E-state index contributed by atoms with van der Waals surface area (Å²) in [7, 11) is 3.07. The maximum absolute atomic E-state index is 10.5. The number of imidazole rings is 1. The smallest absolute Gasteiger partial charge is 0.153 e. The summed E-state index contributed by atoms with van der Waals surface area (Å²) >= 11 is 0. The van der Waals surface area contributed by atoms with Gasteiger partial charge in [-0.2, -0.15) is 0 Å². The van der Waals surface area contributed by atoms with Crippen LogP contribution in [0.2, 0.25) is 0 Å². The van der Waals surface area contributed by atoms with Crippen molar-refractivity contribution in [3.63, 3.8) is 0 Å². The SMILES string of the molecule is COc1ccc(OC)c(C=O)c1.Cc1cccn2cncc12. The fourth-order valence-electron chi connectivity index (χ4n) is 2.03. The van der Waals surface area contributed by atoms with Crippen LogP contribution in [-0.2, 0) is 0 Å². The van der Waals surface area contributed by atoms with Crippen molar-refractivity contribution in [2.75, 3.05) is 14.2 Å².